The number of nitrogens with zero attached hydrogens (tertiary/aromatic N) is 2. The second-order valence-corrected chi connectivity index (χ2v) is 12.4. The van der Waals surface area contributed by atoms with E-state index in [1.807, 2.05) is 9.80 Å². The van der Waals surface area contributed by atoms with Crippen LogP contribution in [0.1, 0.15) is 44.5 Å². The molecule has 0 aliphatic heterocycles. The first kappa shape index (κ1) is 34.9. The van der Waals surface area contributed by atoms with Crippen LogP contribution in [0.15, 0.2) is 72.8 Å². The van der Waals surface area contributed by atoms with Gasteiger partial charge in [-0.25, -0.2) is 0 Å². The second-order valence-electron chi connectivity index (χ2n) is 10.4. The zero-order valence-electron chi connectivity index (χ0n) is 25.2. The summed E-state index contributed by atoms with van der Waals surface area (Å²) in [6.07, 6.45) is 0. The summed E-state index contributed by atoms with van der Waals surface area (Å²) in [7, 11) is 0. The van der Waals surface area contributed by atoms with Gasteiger partial charge in [-0.15, -0.1) is 0 Å². The van der Waals surface area contributed by atoms with Crippen molar-refractivity contribution >= 4 is 81.1 Å². The fourth-order valence-electron chi connectivity index (χ4n) is 4.88. The Morgan fingerprint density at radius 2 is 0.634 bits per heavy atom. The van der Waals surface area contributed by atoms with Crippen molar-refractivity contribution < 1.29 is 19.5 Å². The van der Waals surface area contributed by atoms with Gasteiger partial charge in [0.1, 0.15) is 0 Å². The van der Waals surface area contributed by atoms with E-state index in [1.165, 1.54) is 44.5 Å². The Kier molecular flexibility index (Phi) is 13.0. The maximum Gasteiger partial charge on any atom is 2.00 e. The molecule has 0 amide bonds. The molecule has 7 heteroatoms. The fraction of sp³-hybridized carbons (Fsp3) is 0.235. The number of benzene rings is 4. The van der Waals surface area contributed by atoms with Crippen LogP contribution in [0.3, 0.4) is 0 Å². The van der Waals surface area contributed by atoms with Crippen molar-refractivity contribution in [2.45, 2.75) is 55.4 Å². The summed E-state index contributed by atoms with van der Waals surface area (Å²) in [5, 5.41) is 0. The number of hydrogen-bond acceptors (Lipinski definition) is 4. The topological polar surface area (TPSA) is 6.48 Å². The largest absolute Gasteiger partial charge is 2.00 e. The summed E-state index contributed by atoms with van der Waals surface area (Å²) in [6, 6.07) is 25.3. The Bertz CT molecular complexity index is 1340. The van der Waals surface area contributed by atoms with E-state index < -0.39 is 0 Å². The molecular weight excluding hydrogens is 630 g/mol. The molecule has 0 radical (unpaired) electrons. The monoisotopic (exact) mass is 664 g/mol. The summed E-state index contributed by atoms with van der Waals surface area (Å²) in [5.74, 6) is 0. The van der Waals surface area contributed by atoms with Crippen molar-refractivity contribution in [2.24, 2.45) is 0 Å². The third-order valence-corrected chi connectivity index (χ3v) is 7.47. The Hall–Kier alpha value is -2.28. The van der Waals surface area contributed by atoms with Crippen LogP contribution in [0, 0.1) is 55.4 Å². The van der Waals surface area contributed by atoms with Crippen LogP contribution in [0.2, 0.25) is 0 Å². The molecular formula is C34H36N2S4Zn. The standard InChI is InChI=1S/2C17H19NS2.Zn/c2*1-11-5-7-15(13(3)9-11)18(17(19)20)16-8-6-12(2)10-14(16)4;/h2*5-10H,1-4H3,(H,19,20);/q;;+2/p-2. The molecule has 0 saturated heterocycles. The van der Waals surface area contributed by atoms with E-state index in [0.29, 0.717) is 8.64 Å². The first-order valence-corrected chi connectivity index (χ1v) is 14.7. The van der Waals surface area contributed by atoms with Gasteiger partial charge in [-0.05, 0) is 102 Å². The third-order valence-electron chi connectivity index (χ3n) is 6.74. The maximum absolute atomic E-state index is 5.31. The minimum Gasteiger partial charge on any atom is -0.411 e. The molecule has 0 heterocycles. The van der Waals surface area contributed by atoms with Gasteiger partial charge >= 0.3 is 19.5 Å². The van der Waals surface area contributed by atoms with Gasteiger partial charge in [-0.3, -0.25) is 0 Å². The molecule has 0 aliphatic carbocycles. The molecule has 0 atom stereocenters. The van der Waals surface area contributed by atoms with E-state index in [4.69, 9.17) is 49.7 Å². The normalized spacial score (nSPS) is 10.1. The predicted molar refractivity (Wildman–Crippen MR) is 188 cm³/mol. The summed E-state index contributed by atoms with van der Waals surface area (Å²) in [5.41, 5.74) is 13.9. The number of anilines is 4. The average molecular weight is 666 g/mol. The van der Waals surface area contributed by atoms with E-state index in [1.54, 1.807) is 0 Å². The molecule has 0 fully saturated rings. The molecule has 4 rings (SSSR count). The minimum atomic E-state index is 0. The van der Waals surface area contributed by atoms with Crippen LogP contribution in [0.5, 0.6) is 0 Å². The fourth-order valence-corrected chi connectivity index (χ4v) is 5.66. The van der Waals surface area contributed by atoms with Crippen molar-refractivity contribution in [3.05, 3.63) is 117 Å². The second kappa shape index (κ2) is 15.3. The van der Waals surface area contributed by atoms with Crippen LogP contribution < -0.4 is 9.80 Å². The van der Waals surface area contributed by atoms with Gasteiger partial charge in [-0.2, -0.15) is 0 Å². The van der Waals surface area contributed by atoms with Gasteiger partial charge in [0.15, 0.2) is 0 Å². The maximum atomic E-state index is 5.31. The van der Waals surface area contributed by atoms with Gasteiger partial charge in [0.2, 0.25) is 0 Å². The van der Waals surface area contributed by atoms with E-state index in [2.05, 4.69) is 128 Å². The Morgan fingerprint density at radius 3 is 0.780 bits per heavy atom. The van der Waals surface area contributed by atoms with Crippen molar-refractivity contribution in [1.82, 2.24) is 0 Å². The zero-order chi connectivity index (χ0) is 29.7. The minimum absolute atomic E-state index is 0. The van der Waals surface area contributed by atoms with Crippen LogP contribution >= 0.6 is 24.4 Å². The molecule has 0 saturated carbocycles. The van der Waals surface area contributed by atoms with Crippen LogP contribution in [0.4, 0.5) is 22.7 Å². The van der Waals surface area contributed by atoms with Gasteiger partial charge in [0.05, 0.1) is 0 Å². The van der Waals surface area contributed by atoms with Crippen molar-refractivity contribution in [3.63, 3.8) is 0 Å². The van der Waals surface area contributed by atoms with E-state index >= 15 is 0 Å². The van der Waals surface area contributed by atoms with Gasteiger partial charge in [0, 0.05) is 22.7 Å². The zero-order valence-corrected chi connectivity index (χ0v) is 31.4. The quantitative estimate of drug-likeness (QED) is 0.121. The Labute approximate surface area is 281 Å². The number of thiocarbonyl (C=S) groups is 2. The predicted octanol–water partition coefficient (Wildman–Crippen LogP) is 9.78. The molecule has 0 aromatic heterocycles. The van der Waals surface area contributed by atoms with Crippen molar-refractivity contribution in [2.75, 3.05) is 9.80 Å². The SMILES string of the molecule is Cc1ccc(N(C(=S)[S-])c2ccc(C)cc2C)c(C)c1.Cc1ccc(N(C(=S)[S-])c2ccc(C)cc2C)c(C)c1.[Zn+2]. The first-order valence-electron chi connectivity index (χ1n) is 13.1. The number of aryl methyl sites for hydroxylation is 8. The summed E-state index contributed by atoms with van der Waals surface area (Å²) in [4.78, 5) is 3.96. The smallest absolute Gasteiger partial charge is 0.411 e. The number of hydrogen-bond donors (Lipinski definition) is 0. The number of rotatable bonds is 4. The first-order chi connectivity index (χ1) is 18.8. The summed E-state index contributed by atoms with van der Waals surface area (Å²) in [6.45, 7) is 16.7. The third kappa shape index (κ3) is 8.86. The molecule has 2 nitrogen and oxygen atoms in total. The van der Waals surface area contributed by atoms with Crippen LogP contribution in [0.25, 0.3) is 0 Å². The van der Waals surface area contributed by atoms with E-state index in [0.717, 1.165) is 22.7 Å². The van der Waals surface area contributed by atoms with Gasteiger partial charge < -0.3 is 59.5 Å². The molecule has 0 bridgehead atoms. The van der Waals surface area contributed by atoms with E-state index in [9.17, 15) is 0 Å². The average Bonchev–Trinajstić information content (AvgIpc) is 2.84. The van der Waals surface area contributed by atoms with Crippen LogP contribution in [-0.4, -0.2) is 8.64 Å². The summed E-state index contributed by atoms with van der Waals surface area (Å²) >= 11 is 21.2. The Balaban J connectivity index is 0.000000280. The molecule has 208 valence electrons. The summed E-state index contributed by atoms with van der Waals surface area (Å²) < 4.78 is 0.896. The molecule has 0 N–H and O–H groups in total. The van der Waals surface area contributed by atoms with Crippen LogP contribution in [-0.2, 0) is 44.7 Å². The van der Waals surface area contributed by atoms with E-state index in [-0.39, 0.29) is 19.5 Å². The molecule has 4 aromatic carbocycles. The van der Waals surface area contributed by atoms with Gasteiger partial charge in [0.25, 0.3) is 0 Å². The van der Waals surface area contributed by atoms with Gasteiger partial charge in [-0.1, -0.05) is 79.4 Å². The molecule has 0 aliphatic rings. The molecule has 41 heavy (non-hydrogen) atoms. The molecule has 0 spiro atoms. The van der Waals surface area contributed by atoms with Crippen molar-refractivity contribution in [1.29, 1.82) is 0 Å². The molecule has 0 unspecified atom stereocenters. The molecule has 4 aromatic rings. The Morgan fingerprint density at radius 1 is 0.439 bits per heavy atom. The van der Waals surface area contributed by atoms with Crippen molar-refractivity contribution in [3.8, 4) is 0 Å².